The van der Waals surface area contributed by atoms with Gasteiger partial charge in [0.2, 0.25) is 18.6 Å². The second kappa shape index (κ2) is 7.75. The Morgan fingerprint density at radius 3 is 2.75 bits per heavy atom. The van der Waals surface area contributed by atoms with Gasteiger partial charge in [-0.3, -0.25) is 4.79 Å². The largest absolute Gasteiger partial charge is 0.454 e. The number of likely N-dealkylation sites (tertiary alicyclic amines) is 1. The monoisotopic (exact) mass is 387 g/mol. The summed E-state index contributed by atoms with van der Waals surface area (Å²) in [6, 6.07) is 5.11. The van der Waals surface area contributed by atoms with Crippen LogP contribution in [0.25, 0.3) is 0 Å². The minimum absolute atomic E-state index is 0.0553. The number of nitrogens with one attached hydrogen (secondary N) is 2. The molecule has 2 aliphatic heterocycles. The van der Waals surface area contributed by atoms with Gasteiger partial charge in [0, 0.05) is 30.8 Å². The summed E-state index contributed by atoms with van der Waals surface area (Å²) in [6.07, 6.45) is 1.20. The average molecular weight is 387 g/mol. The third kappa shape index (κ3) is 4.00. The van der Waals surface area contributed by atoms with Crippen molar-refractivity contribution in [3.8, 4) is 11.5 Å². The maximum atomic E-state index is 12.5. The molecule has 10 nitrogen and oxygen atoms in total. The SMILES string of the molecule is Cc1noc(CNC(=O)N2CCC(C(=O)Nc3ccc4c(c3)OCO4)CC2)n1. The molecule has 0 bridgehead atoms. The molecule has 2 N–H and O–H groups in total. The first kappa shape index (κ1) is 18.1. The number of carbonyl (C=O) groups excluding carboxylic acids is 2. The maximum absolute atomic E-state index is 12.5. The fourth-order valence-electron chi connectivity index (χ4n) is 3.24. The Labute approximate surface area is 161 Å². The Balaban J connectivity index is 1.24. The first-order valence-corrected chi connectivity index (χ1v) is 9.11. The molecule has 4 rings (SSSR count). The van der Waals surface area contributed by atoms with Crippen LogP contribution in [0.15, 0.2) is 22.7 Å². The number of ether oxygens (including phenoxy) is 2. The number of rotatable bonds is 4. The second-order valence-corrected chi connectivity index (χ2v) is 6.71. The van der Waals surface area contributed by atoms with Crippen LogP contribution < -0.4 is 20.1 Å². The number of hydrogen-bond donors (Lipinski definition) is 2. The van der Waals surface area contributed by atoms with Crippen molar-refractivity contribution in [3.63, 3.8) is 0 Å². The van der Waals surface area contributed by atoms with Crippen molar-refractivity contribution in [2.24, 2.45) is 5.92 Å². The molecule has 0 radical (unpaired) electrons. The van der Waals surface area contributed by atoms with Gasteiger partial charge in [0.15, 0.2) is 17.3 Å². The van der Waals surface area contributed by atoms with Gasteiger partial charge < -0.3 is 29.5 Å². The first-order chi connectivity index (χ1) is 13.6. The Hall–Kier alpha value is -3.30. The molecule has 0 saturated carbocycles. The van der Waals surface area contributed by atoms with E-state index >= 15 is 0 Å². The normalized spacial score (nSPS) is 16.1. The molecule has 10 heteroatoms. The second-order valence-electron chi connectivity index (χ2n) is 6.71. The van der Waals surface area contributed by atoms with E-state index in [-0.39, 0.29) is 31.2 Å². The molecule has 0 atom stereocenters. The highest BCUT2D eigenvalue weighted by molar-refractivity contribution is 5.93. The summed E-state index contributed by atoms with van der Waals surface area (Å²) < 4.78 is 15.6. The lowest BCUT2D eigenvalue weighted by atomic mass is 9.96. The Kier molecular flexibility index (Phi) is 5.00. The lowest BCUT2D eigenvalue weighted by molar-refractivity contribution is -0.121. The Morgan fingerprint density at radius 2 is 2.00 bits per heavy atom. The molecule has 0 unspecified atom stereocenters. The van der Waals surface area contributed by atoms with Gasteiger partial charge in [0.05, 0.1) is 6.54 Å². The summed E-state index contributed by atoms with van der Waals surface area (Å²) in [7, 11) is 0. The van der Waals surface area contributed by atoms with Gasteiger partial charge in [-0.1, -0.05) is 5.16 Å². The number of aromatic nitrogens is 2. The number of urea groups is 1. The van der Waals surface area contributed by atoms with E-state index in [2.05, 4.69) is 20.8 Å². The molecule has 1 aromatic carbocycles. The standard InChI is InChI=1S/C18H21N5O5/c1-11-20-16(28-22-11)9-19-18(25)23-6-4-12(5-7-23)17(24)21-13-2-3-14-15(8-13)27-10-26-14/h2-3,8,12H,4-7,9-10H2,1H3,(H,19,25)(H,21,24). The fourth-order valence-corrected chi connectivity index (χ4v) is 3.24. The summed E-state index contributed by atoms with van der Waals surface area (Å²) in [5, 5.41) is 9.35. The average Bonchev–Trinajstić information content (AvgIpc) is 3.34. The number of aryl methyl sites for hydroxylation is 1. The summed E-state index contributed by atoms with van der Waals surface area (Å²) in [5.41, 5.74) is 0.671. The highest BCUT2D eigenvalue weighted by Crippen LogP contribution is 2.34. The first-order valence-electron chi connectivity index (χ1n) is 9.11. The highest BCUT2D eigenvalue weighted by atomic mass is 16.7. The molecular weight excluding hydrogens is 366 g/mol. The van der Waals surface area contributed by atoms with Crippen LogP contribution in [0.2, 0.25) is 0 Å². The van der Waals surface area contributed by atoms with Gasteiger partial charge in [-0.05, 0) is 31.9 Å². The van der Waals surface area contributed by atoms with E-state index in [0.29, 0.717) is 54.8 Å². The van der Waals surface area contributed by atoms with Crippen molar-refractivity contribution >= 4 is 17.6 Å². The number of fused-ring (bicyclic) bond motifs is 1. The van der Waals surface area contributed by atoms with Crippen LogP contribution in [0.5, 0.6) is 11.5 Å². The van der Waals surface area contributed by atoms with Crippen LogP contribution in [0, 0.1) is 12.8 Å². The van der Waals surface area contributed by atoms with Crippen LogP contribution >= 0.6 is 0 Å². The molecule has 2 aromatic rings. The molecule has 1 fully saturated rings. The van der Waals surface area contributed by atoms with Crippen molar-refractivity contribution in [2.75, 3.05) is 25.2 Å². The van der Waals surface area contributed by atoms with Gasteiger partial charge in [-0.25, -0.2) is 4.79 Å². The van der Waals surface area contributed by atoms with Crippen molar-refractivity contribution in [1.29, 1.82) is 0 Å². The van der Waals surface area contributed by atoms with Crippen molar-refractivity contribution in [3.05, 3.63) is 29.9 Å². The molecule has 0 spiro atoms. The third-order valence-corrected chi connectivity index (χ3v) is 4.75. The van der Waals surface area contributed by atoms with Gasteiger partial charge in [0.1, 0.15) is 0 Å². The summed E-state index contributed by atoms with van der Waals surface area (Å²) in [4.78, 5) is 30.5. The summed E-state index contributed by atoms with van der Waals surface area (Å²) in [6.45, 7) is 3.11. The lowest BCUT2D eigenvalue weighted by Crippen LogP contribution is -2.45. The minimum atomic E-state index is -0.203. The number of nitrogens with zero attached hydrogens (tertiary/aromatic N) is 3. The summed E-state index contributed by atoms with van der Waals surface area (Å²) in [5.74, 6) is 1.99. The topological polar surface area (TPSA) is 119 Å². The van der Waals surface area contributed by atoms with Gasteiger partial charge in [-0.2, -0.15) is 4.98 Å². The molecule has 3 amide bonds. The van der Waals surface area contributed by atoms with E-state index in [1.807, 2.05) is 0 Å². The molecule has 1 saturated heterocycles. The van der Waals surface area contributed by atoms with Gasteiger partial charge >= 0.3 is 6.03 Å². The molecule has 148 valence electrons. The van der Waals surface area contributed by atoms with Crippen LogP contribution in [0.1, 0.15) is 24.6 Å². The number of carbonyl (C=O) groups is 2. The Morgan fingerprint density at radius 1 is 1.21 bits per heavy atom. The zero-order chi connectivity index (χ0) is 19.5. The third-order valence-electron chi connectivity index (χ3n) is 4.75. The predicted molar refractivity (Wildman–Crippen MR) is 96.8 cm³/mol. The van der Waals surface area contributed by atoms with E-state index in [9.17, 15) is 9.59 Å². The number of piperidine rings is 1. The van der Waals surface area contributed by atoms with Crippen LogP contribution in [0.4, 0.5) is 10.5 Å². The van der Waals surface area contributed by atoms with E-state index in [0.717, 1.165) is 0 Å². The van der Waals surface area contributed by atoms with Gasteiger partial charge in [0.25, 0.3) is 0 Å². The van der Waals surface area contributed by atoms with E-state index in [4.69, 9.17) is 14.0 Å². The fraction of sp³-hybridized carbons (Fsp3) is 0.444. The Bertz CT molecular complexity index is 875. The van der Waals surface area contributed by atoms with Gasteiger partial charge in [-0.15, -0.1) is 0 Å². The van der Waals surface area contributed by atoms with Crippen LogP contribution in [0.3, 0.4) is 0 Å². The van der Waals surface area contributed by atoms with E-state index < -0.39 is 0 Å². The summed E-state index contributed by atoms with van der Waals surface area (Å²) >= 11 is 0. The number of hydrogen-bond acceptors (Lipinski definition) is 7. The molecular formula is C18H21N5O5. The smallest absolute Gasteiger partial charge is 0.317 e. The highest BCUT2D eigenvalue weighted by Gasteiger charge is 2.28. The minimum Gasteiger partial charge on any atom is -0.454 e. The molecule has 0 aliphatic carbocycles. The zero-order valence-electron chi connectivity index (χ0n) is 15.4. The quantitative estimate of drug-likeness (QED) is 0.819. The predicted octanol–water partition coefficient (Wildman–Crippen LogP) is 1.67. The maximum Gasteiger partial charge on any atom is 0.317 e. The molecule has 1 aromatic heterocycles. The molecule has 28 heavy (non-hydrogen) atoms. The zero-order valence-corrected chi connectivity index (χ0v) is 15.4. The van der Waals surface area contributed by atoms with Crippen LogP contribution in [-0.2, 0) is 11.3 Å². The van der Waals surface area contributed by atoms with E-state index in [1.54, 1.807) is 30.0 Å². The van der Waals surface area contributed by atoms with Crippen molar-refractivity contribution < 1.29 is 23.6 Å². The lowest BCUT2D eigenvalue weighted by Gasteiger charge is -2.31. The number of anilines is 1. The number of amides is 3. The van der Waals surface area contributed by atoms with E-state index in [1.165, 1.54) is 0 Å². The molecule has 2 aliphatic rings. The van der Waals surface area contributed by atoms with Crippen molar-refractivity contribution in [1.82, 2.24) is 20.4 Å². The number of benzene rings is 1. The van der Waals surface area contributed by atoms with Crippen LogP contribution in [-0.4, -0.2) is 46.9 Å². The van der Waals surface area contributed by atoms with Crippen molar-refractivity contribution in [2.45, 2.75) is 26.3 Å². The molecule has 3 heterocycles.